The normalized spacial score (nSPS) is 20.4. The molecule has 1 unspecified atom stereocenters. The average Bonchev–Trinajstić information content (AvgIpc) is 3.70. The highest BCUT2D eigenvalue weighted by atomic mass is 16.2. The van der Waals surface area contributed by atoms with Crippen molar-refractivity contribution in [3.63, 3.8) is 0 Å². The molecule has 7 rings (SSSR count). The first kappa shape index (κ1) is 32.3. The van der Waals surface area contributed by atoms with Gasteiger partial charge in [0.2, 0.25) is 11.8 Å². The van der Waals surface area contributed by atoms with Crippen LogP contribution in [0.5, 0.6) is 0 Å². The van der Waals surface area contributed by atoms with Gasteiger partial charge in [0.05, 0.1) is 23.4 Å². The number of imide groups is 1. The van der Waals surface area contributed by atoms with Crippen molar-refractivity contribution in [1.82, 2.24) is 29.8 Å². The number of carbonyl (C=O) groups excluding carboxylic acids is 5. The van der Waals surface area contributed by atoms with E-state index in [1.165, 1.54) is 0 Å². The molecule has 5 amide bonds. The first-order valence-electron chi connectivity index (χ1n) is 17.2. The van der Waals surface area contributed by atoms with Gasteiger partial charge in [0.25, 0.3) is 17.7 Å². The molecule has 5 heterocycles. The Morgan fingerprint density at radius 2 is 1.61 bits per heavy atom. The second-order valence-electron chi connectivity index (χ2n) is 13.5. The predicted octanol–water partition coefficient (Wildman–Crippen LogP) is 3.99. The zero-order chi connectivity index (χ0) is 34.1. The highest BCUT2D eigenvalue weighted by Gasteiger charge is 2.45. The molecule has 4 aliphatic rings. The number of likely N-dealkylation sites (tertiary alicyclic amines) is 2. The van der Waals surface area contributed by atoms with Gasteiger partial charge in [-0.15, -0.1) is 0 Å². The van der Waals surface area contributed by atoms with Crippen LogP contribution in [0.2, 0.25) is 0 Å². The Kier molecular flexibility index (Phi) is 9.03. The third-order valence-electron chi connectivity index (χ3n) is 10.3. The van der Waals surface area contributed by atoms with Gasteiger partial charge in [-0.2, -0.15) is 5.10 Å². The van der Waals surface area contributed by atoms with E-state index in [2.05, 4.69) is 22.3 Å². The van der Waals surface area contributed by atoms with E-state index in [1.54, 1.807) is 24.4 Å². The van der Waals surface area contributed by atoms with Crippen molar-refractivity contribution in [1.29, 1.82) is 0 Å². The van der Waals surface area contributed by atoms with Gasteiger partial charge in [0, 0.05) is 67.9 Å². The van der Waals surface area contributed by atoms with Gasteiger partial charge in [-0.1, -0.05) is 30.8 Å². The van der Waals surface area contributed by atoms with Crippen LogP contribution in [0.25, 0.3) is 0 Å². The maximum Gasteiger partial charge on any atom is 0.264 e. The van der Waals surface area contributed by atoms with Crippen molar-refractivity contribution in [2.45, 2.75) is 63.6 Å². The Hall–Kier alpha value is -5.26. The number of piperidine rings is 3. The molecule has 0 spiro atoms. The van der Waals surface area contributed by atoms with Crippen molar-refractivity contribution >= 4 is 35.2 Å². The molecule has 2 N–H and O–H groups in total. The molecule has 3 saturated heterocycles. The minimum atomic E-state index is -0.860. The number of fused-ring (bicyclic) bond motifs is 1. The molecule has 12 heteroatoms. The second kappa shape index (κ2) is 13.7. The zero-order valence-corrected chi connectivity index (χ0v) is 27.5. The maximum atomic E-state index is 13.5. The van der Waals surface area contributed by atoms with Crippen molar-refractivity contribution in [2.75, 3.05) is 31.5 Å². The molecular formula is C37H41N7O5. The quantitative estimate of drug-likeness (QED) is 0.348. The number of benzene rings is 2. The van der Waals surface area contributed by atoms with E-state index in [0.717, 1.165) is 36.1 Å². The molecule has 1 atom stereocenters. The summed E-state index contributed by atoms with van der Waals surface area (Å²) in [6, 6.07) is 13.8. The third-order valence-corrected chi connectivity index (χ3v) is 10.3. The Morgan fingerprint density at radius 3 is 2.35 bits per heavy atom. The molecule has 3 fully saturated rings. The lowest BCUT2D eigenvalue weighted by Crippen LogP contribution is -2.51. The van der Waals surface area contributed by atoms with Crippen molar-refractivity contribution in [2.24, 2.45) is 5.92 Å². The number of rotatable bonds is 8. The standard InChI is InChI=1S/C37H41N7O5/c1-24-10-11-31(34(46)40-24)44-36(48)29-8-5-9-30(33(29)37(44)49)38-21-26-22-39-43(23-26)28-14-18-41(19-15-28)32(45)20-25-12-16-42(17-13-25)35(47)27-6-3-2-4-7-27/h2-9,22-23,25,28,31,38H,1,10-21H2,(H,40,46). The molecule has 254 valence electrons. The molecule has 3 aromatic rings. The number of hydrogen-bond donors (Lipinski definition) is 2. The molecule has 0 saturated carbocycles. The summed E-state index contributed by atoms with van der Waals surface area (Å²) >= 11 is 0. The summed E-state index contributed by atoms with van der Waals surface area (Å²) < 4.78 is 1.96. The summed E-state index contributed by atoms with van der Waals surface area (Å²) in [7, 11) is 0. The largest absolute Gasteiger partial charge is 0.380 e. The van der Waals surface area contributed by atoms with E-state index in [1.807, 2.05) is 51.0 Å². The zero-order valence-electron chi connectivity index (χ0n) is 27.5. The molecule has 0 radical (unpaired) electrons. The summed E-state index contributed by atoms with van der Waals surface area (Å²) in [5.74, 6) is -0.789. The van der Waals surface area contributed by atoms with E-state index >= 15 is 0 Å². The smallest absolute Gasteiger partial charge is 0.264 e. The van der Waals surface area contributed by atoms with Gasteiger partial charge in [0.15, 0.2) is 0 Å². The fourth-order valence-corrected chi connectivity index (χ4v) is 7.47. The predicted molar refractivity (Wildman–Crippen MR) is 181 cm³/mol. The summed E-state index contributed by atoms with van der Waals surface area (Å²) in [4.78, 5) is 70.1. The van der Waals surface area contributed by atoms with Gasteiger partial charge in [-0.3, -0.25) is 33.6 Å². The van der Waals surface area contributed by atoms with Crippen LogP contribution in [0, 0.1) is 5.92 Å². The number of allylic oxidation sites excluding steroid dienone is 1. The lowest BCUT2D eigenvalue weighted by molar-refractivity contribution is -0.133. The topological polar surface area (TPSA) is 137 Å². The molecule has 2 aromatic carbocycles. The maximum absolute atomic E-state index is 13.5. The van der Waals surface area contributed by atoms with Crippen LogP contribution in [0.3, 0.4) is 0 Å². The van der Waals surface area contributed by atoms with E-state index in [-0.39, 0.29) is 29.0 Å². The number of aromatic nitrogens is 2. The van der Waals surface area contributed by atoms with Gasteiger partial charge in [-0.25, -0.2) is 0 Å². The Bertz CT molecular complexity index is 1790. The molecular weight excluding hydrogens is 622 g/mol. The summed E-state index contributed by atoms with van der Waals surface area (Å²) in [6.07, 6.45) is 8.46. The van der Waals surface area contributed by atoms with Crippen LogP contribution in [-0.4, -0.2) is 86.2 Å². The number of amides is 5. The molecule has 0 aliphatic carbocycles. The minimum Gasteiger partial charge on any atom is -0.380 e. The van der Waals surface area contributed by atoms with E-state index in [4.69, 9.17) is 0 Å². The van der Waals surface area contributed by atoms with E-state index < -0.39 is 23.8 Å². The molecule has 0 bridgehead atoms. The van der Waals surface area contributed by atoms with E-state index in [9.17, 15) is 24.0 Å². The number of nitrogens with zero attached hydrogens (tertiary/aromatic N) is 5. The van der Waals surface area contributed by atoms with Crippen molar-refractivity contribution in [3.8, 4) is 0 Å². The number of hydrogen-bond acceptors (Lipinski definition) is 7. The van der Waals surface area contributed by atoms with Crippen LogP contribution >= 0.6 is 0 Å². The van der Waals surface area contributed by atoms with E-state index in [0.29, 0.717) is 74.9 Å². The minimum absolute atomic E-state index is 0.0606. The summed E-state index contributed by atoms with van der Waals surface area (Å²) in [5, 5.41) is 10.6. The molecule has 4 aliphatic heterocycles. The van der Waals surface area contributed by atoms with Gasteiger partial charge in [-0.05, 0) is 68.7 Å². The lowest BCUT2D eigenvalue weighted by Gasteiger charge is -2.35. The number of nitrogens with one attached hydrogen (secondary N) is 2. The second-order valence-corrected chi connectivity index (χ2v) is 13.5. The highest BCUT2D eigenvalue weighted by molar-refractivity contribution is 6.25. The molecule has 49 heavy (non-hydrogen) atoms. The van der Waals surface area contributed by atoms with Crippen molar-refractivity contribution in [3.05, 3.63) is 95.5 Å². The Balaban J connectivity index is 0.886. The molecule has 1 aromatic heterocycles. The van der Waals surface area contributed by atoms with Crippen LogP contribution in [-0.2, 0) is 16.1 Å². The summed E-state index contributed by atoms with van der Waals surface area (Å²) in [5.41, 5.74) is 3.31. The van der Waals surface area contributed by atoms with Gasteiger partial charge in [0.1, 0.15) is 6.04 Å². The van der Waals surface area contributed by atoms with Crippen LogP contribution < -0.4 is 10.6 Å². The van der Waals surface area contributed by atoms with Gasteiger partial charge >= 0.3 is 0 Å². The summed E-state index contributed by atoms with van der Waals surface area (Å²) in [6.45, 7) is 6.90. The molecule has 12 nitrogen and oxygen atoms in total. The Labute approximate surface area is 285 Å². The fraction of sp³-hybridized carbons (Fsp3) is 0.405. The first-order valence-corrected chi connectivity index (χ1v) is 17.2. The fourth-order valence-electron chi connectivity index (χ4n) is 7.47. The lowest BCUT2D eigenvalue weighted by atomic mass is 9.92. The van der Waals surface area contributed by atoms with Crippen LogP contribution in [0.15, 0.2) is 73.2 Å². The van der Waals surface area contributed by atoms with Crippen molar-refractivity contribution < 1.29 is 24.0 Å². The van der Waals surface area contributed by atoms with Crippen LogP contribution in [0.1, 0.15) is 87.6 Å². The SMILES string of the molecule is C=C1CCC(N2C(=O)c3cccc(NCc4cnn(C5CCN(C(=O)CC6CCN(C(=O)c7ccccc7)CC6)CC5)c4)c3C2=O)C(=O)N1. The third kappa shape index (κ3) is 6.59. The first-order chi connectivity index (χ1) is 23.8. The van der Waals surface area contributed by atoms with Gasteiger partial charge < -0.3 is 20.4 Å². The Morgan fingerprint density at radius 1 is 0.878 bits per heavy atom. The average molecular weight is 664 g/mol. The number of anilines is 1. The monoisotopic (exact) mass is 663 g/mol. The van der Waals surface area contributed by atoms with Crippen LogP contribution in [0.4, 0.5) is 5.69 Å². The highest BCUT2D eigenvalue weighted by Crippen LogP contribution is 2.33. The number of carbonyl (C=O) groups is 5.